The first-order valence-corrected chi connectivity index (χ1v) is 6.36. The Morgan fingerprint density at radius 2 is 2.32 bits per heavy atom. The van der Waals surface area contributed by atoms with E-state index < -0.39 is 5.82 Å². The molecule has 4 nitrogen and oxygen atoms in total. The molecule has 0 aromatic heterocycles. The summed E-state index contributed by atoms with van der Waals surface area (Å²) >= 11 is 0. The summed E-state index contributed by atoms with van der Waals surface area (Å²) < 4.78 is 13.6. The molecule has 19 heavy (non-hydrogen) atoms. The number of anilines is 1. The van der Waals surface area contributed by atoms with Crippen molar-refractivity contribution in [2.45, 2.75) is 32.2 Å². The van der Waals surface area contributed by atoms with Gasteiger partial charge in [0.2, 0.25) is 5.91 Å². The Labute approximate surface area is 111 Å². The SMILES string of the molecule is Cc1c(F)cc(C#N)cc1NC(=O)C1CCCCN1. The smallest absolute Gasteiger partial charge is 0.241 e. The van der Waals surface area contributed by atoms with E-state index in [1.807, 2.05) is 6.07 Å². The lowest BCUT2D eigenvalue weighted by Gasteiger charge is -2.23. The minimum atomic E-state index is -0.481. The van der Waals surface area contributed by atoms with Crippen LogP contribution in [0.4, 0.5) is 10.1 Å². The molecule has 1 aliphatic heterocycles. The van der Waals surface area contributed by atoms with Crippen molar-refractivity contribution >= 4 is 11.6 Å². The standard InChI is InChI=1S/C14H16FN3O/c1-9-11(15)6-10(8-16)7-13(9)18-14(19)12-4-2-3-5-17-12/h6-7,12,17H,2-5H2,1H3,(H,18,19). The molecule has 1 fully saturated rings. The van der Waals surface area contributed by atoms with Gasteiger partial charge in [0.1, 0.15) is 5.82 Å². The van der Waals surface area contributed by atoms with Gasteiger partial charge in [0.25, 0.3) is 0 Å². The summed E-state index contributed by atoms with van der Waals surface area (Å²) in [4.78, 5) is 12.1. The summed E-state index contributed by atoms with van der Waals surface area (Å²) in [5, 5.41) is 14.7. The van der Waals surface area contributed by atoms with Crippen molar-refractivity contribution in [3.05, 3.63) is 29.1 Å². The molecule has 1 saturated heterocycles. The number of carbonyl (C=O) groups excluding carboxylic acids is 1. The van der Waals surface area contributed by atoms with Crippen LogP contribution in [-0.4, -0.2) is 18.5 Å². The number of nitriles is 1. The van der Waals surface area contributed by atoms with Crippen LogP contribution >= 0.6 is 0 Å². The highest BCUT2D eigenvalue weighted by Crippen LogP contribution is 2.21. The number of rotatable bonds is 2. The molecule has 1 heterocycles. The van der Waals surface area contributed by atoms with Gasteiger partial charge in [0.15, 0.2) is 0 Å². The third kappa shape index (κ3) is 3.09. The number of piperidine rings is 1. The normalized spacial score (nSPS) is 18.7. The second kappa shape index (κ2) is 5.81. The molecule has 0 saturated carbocycles. The Balaban J connectivity index is 2.16. The van der Waals surface area contributed by atoms with E-state index in [4.69, 9.17) is 5.26 Å². The average Bonchev–Trinajstić information content (AvgIpc) is 2.44. The molecular formula is C14H16FN3O. The highest BCUT2D eigenvalue weighted by atomic mass is 19.1. The van der Waals surface area contributed by atoms with E-state index in [1.165, 1.54) is 12.1 Å². The van der Waals surface area contributed by atoms with Gasteiger partial charge >= 0.3 is 0 Å². The maximum absolute atomic E-state index is 13.6. The maximum Gasteiger partial charge on any atom is 0.241 e. The average molecular weight is 261 g/mol. The molecule has 0 aliphatic carbocycles. The molecule has 2 rings (SSSR count). The molecule has 2 N–H and O–H groups in total. The van der Waals surface area contributed by atoms with Gasteiger partial charge in [-0.2, -0.15) is 5.26 Å². The number of benzene rings is 1. The molecule has 0 radical (unpaired) electrons. The molecule has 100 valence electrons. The van der Waals surface area contributed by atoms with Crippen molar-refractivity contribution in [1.82, 2.24) is 5.32 Å². The van der Waals surface area contributed by atoms with Gasteiger partial charge in [0.05, 0.1) is 17.7 Å². The second-order valence-corrected chi connectivity index (χ2v) is 4.73. The molecule has 1 aliphatic rings. The monoisotopic (exact) mass is 261 g/mol. The molecule has 1 atom stereocenters. The van der Waals surface area contributed by atoms with Crippen LogP contribution in [0.3, 0.4) is 0 Å². The van der Waals surface area contributed by atoms with Crippen LogP contribution < -0.4 is 10.6 Å². The maximum atomic E-state index is 13.6. The predicted molar refractivity (Wildman–Crippen MR) is 70.1 cm³/mol. The Kier molecular flexibility index (Phi) is 4.13. The molecule has 0 spiro atoms. The van der Waals surface area contributed by atoms with E-state index in [2.05, 4.69) is 10.6 Å². The van der Waals surface area contributed by atoms with Crippen molar-refractivity contribution < 1.29 is 9.18 Å². The number of amides is 1. The molecule has 1 unspecified atom stereocenters. The Bertz CT molecular complexity index is 530. The number of hydrogen-bond donors (Lipinski definition) is 2. The summed E-state index contributed by atoms with van der Waals surface area (Å²) in [6.07, 6.45) is 2.86. The van der Waals surface area contributed by atoms with Crippen molar-refractivity contribution in [3.63, 3.8) is 0 Å². The molecular weight excluding hydrogens is 245 g/mol. The van der Waals surface area contributed by atoms with Gasteiger partial charge in [-0.3, -0.25) is 4.79 Å². The largest absolute Gasteiger partial charge is 0.324 e. The molecule has 1 aromatic carbocycles. The van der Waals surface area contributed by atoms with Gasteiger partial charge < -0.3 is 10.6 Å². The second-order valence-electron chi connectivity index (χ2n) is 4.73. The van der Waals surface area contributed by atoms with E-state index in [0.717, 1.165) is 25.8 Å². The van der Waals surface area contributed by atoms with E-state index >= 15 is 0 Å². The Morgan fingerprint density at radius 3 is 2.95 bits per heavy atom. The van der Waals surface area contributed by atoms with Crippen LogP contribution in [0.2, 0.25) is 0 Å². The first-order chi connectivity index (χ1) is 9.11. The summed E-state index contributed by atoms with van der Waals surface area (Å²) in [7, 11) is 0. The first-order valence-electron chi connectivity index (χ1n) is 6.36. The lowest BCUT2D eigenvalue weighted by Crippen LogP contribution is -2.43. The van der Waals surface area contributed by atoms with Gasteiger partial charge in [-0.1, -0.05) is 6.42 Å². The van der Waals surface area contributed by atoms with Crippen molar-refractivity contribution in [1.29, 1.82) is 5.26 Å². The van der Waals surface area contributed by atoms with Crippen LogP contribution in [0.5, 0.6) is 0 Å². The summed E-state index contributed by atoms with van der Waals surface area (Å²) in [6, 6.07) is 4.32. The first kappa shape index (κ1) is 13.5. The van der Waals surface area contributed by atoms with Gasteiger partial charge in [0, 0.05) is 11.3 Å². The zero-order chi connectivity index (χ0) is 13.8. The van der Waals surface area contributed by atoms with Crippen molar-refractivity contribution in [2.75, 3.05) is 11.9 Å². The number of carbonyl (C=O) groups is 1. The van der Waals surface area contributed by atoms with Crippen LogP contribution in [0.1, 0.15) is 30.4 Å². The fourth-order valence-corrected chi connectivity index (χ4v) is 2.17. The minimum Gasteiger partial charge on any atom is -0.324 e. The molecule has 5 heteroatoms. The van der Waals surface area contributed by atoms with Crippen LogP contribution in [0.25, 0.3) is 0 Å². The molecule has 0 bridgehead atoms. The zero-order valence-electron chi connectivity index (χ0n) is 10.8. The van der Waals surface area contributed by atoms with E-state index in [1.54, 1.807) is 6.92 Å². The van der Waals surface area contributed by atoms with Gasteiger partial charge in [-0.25, -0.2) is 4.39 Å². The van der Waals surface area contributed by atoms with E-state index in [9.17, 15) is 9.18 Å². The van der Waals surface area contributed by atoms with Crippen LogP contribution in [0, 0.1) is 24.1 Å². The van der Waals surface area contributed by atoms with E-state index in [-0.39, 0.29) is 17.5 Å². The van der Waals surface area contributed by atoms with Crippen LogP contribution in [0.15, 0.2) is 12.1 Å². The third-order valence-corrected chi connectivity index (χ3v) is 3.36. The number of nitrogens with zero attached hydrogens (tertiary/aromatic N) is 1. The quantitative estimate of drug-likeness (QED) is 0.856. The predicted octanol–water partition coefficient (Wildman–Crippen LogP) is 2.09. The molecule has 1 aromatic rings. The van der Waals surface area contributed by atoms with Crippen molar-refractivity contribution in [3.8, 4) is 6.07 Å². The summed E-state index contributed by atoms with van der Waals surface area (Å²) in [6.45, 7) is 2.41. The molecule has 1 amide bonds. The Hall–Kier alpha value is -1.93. The topological polar surface area (TPSA) is 64.9 Å². The number of halogens is 1. The fourth-order valence-electron chi connectivity index (χ4n) is 2.17. The number of hydrogen-bond acceptors (Lipinski definition) is 3. The van der Waals surface area contributed by atoms with Crippen molar-refractivity contribution in [2.24, 2.45) is 0 Å². The zero-order valence-corrected chi connectivity index (χ0v) is 10.8. The van der Waals surface area contributed by atoms with E-state index in [0.29, 0.717) is 11.3 Å². The van der Waals surface area contributed by atoms with Crippen LogP contribution in [-0.2, 0) is 4.79 Å². The fraction of sp³-hybridized carbons (Fsp3) is 0.429. The summed E-state index contributed by atoms with van der Waals surface area (Å²) in [5.74, 6) is -0.650. The highest BCUT2D eigenvalue weighted by Gasteiger charge is 2.21. The lowest BCUT2D eigenvalue weighted by atomic mass is 10.0. The van der Waals surface area contributed by atoms with Gasteiger partial charge in [-0.05, 0) is 38.4 Å². The minimum absolute atomic E-state index is 0.169. The van der Waals surface area contributed by atoms with Gasteiger partial charge in [-0.15, -0.1) is 0 Å². The Morgan fingerprint density at radius 1 is 1.53 bits per heavy atom. The number of nitrogens with one attached hydrogen (secondary N) is 2. The third-order valence-electron chi connectivity index (χ3n) is 3.36. The summed E-state index contributed by atoms with van der Waals surface area (Å²) in [5.41, 5.74) is 0.923. The highest BCUT2D eigenvalue weighted by molar-refractivity contribution is 5.95. The lowest BCUT2D eigenvalue weighted by molar-refractivity contribution is -0.118.